The summed E-state index contributed by atoms with van der Waals surface area (Å²) in [6.45, 7) is 4.59. The summed E-state index contributed by atoms with van der Waals surface area (Å²) in [7, 11) is 0. The molecule has 0 saturated carbocycles. The first-order valence-electron chi connectivity index (χ1n) is 11.6. The number of rotatable bonds is 3. The molecule has 0 aliphatic heterocycles. The van der Waals surface area contributed by atoms with Crippen LogP contribution in [0.5, 0.6) is 0 Å². The van der Waals surface area contributed by atoms with Crippen LogP contribution in [0.25, 0.3) is 45.0 Å². The van der Waals surface area contributed by atoms with E-state index < -0.39 is 0 Å². The molecule has 0 atom stereocenters. The van der Waals surface area contributed by atoms with Gasteiger partial charge in [-0.15, -0.1) is 0 Å². The minimum Gasteiger partial charge on any atom is -0.228 e. The van der Waals surface area contributed by atoms with E-state index in [-0.39, 0.29) is 5.41 Å². The van der Waals surface area contributed by atoms with E-state index in [1.807, 2.05) is 48.5 Å². The van der Waals surface area contributed by atoms with E-state index in [9.17, 15) is 0 Å². The van der Waals surface area contributed by atoms with Gasteiger partial charge in [0.1, 0.15) is 0 Å². The Morgan fingerprint density at radius 2 is 1.31 bits per heavy atom. The molecule has 0 N–H and O–H groups in total. The maximum atomic E-state index is 6.38. The molecule has 4 heteroatoms. The Kier molecular flexibility index (Phi) is 5.36. The lowest BCUT2D eigenvalue weighted by atomic mass is 9.82. The predicted molar refractivity (Wildman–Crippen MR) is 149 cm³/mol. The van der Waals surface area contributed by atoms with Gasteiger partial charge in [-0.05, 0) is 52.6 Å². The molecule has 1 aliphatic rings. The molecule has 0 saturated heterocycles. The van der Waals surface area contributed by atoms with Crippen LogP contribution in [0.2, 0.25) is 5.02 Å². The average Bonchev–Trinajstić information content (AvgIpc) is 3.10. The van der Waals surface area contributed by atoms with Crippen LogP contribution < -0.4 is 0 Å². The van der Waals surface area contributed by atoms with Crippen molar-refractivity contribution in [3.63, 3.8) is 0 Å². The number of halogens is 2. The fourth-order valence-corrected chi connectivity index (χ4v) is 5.88. The van der Waals surface area contributed by atoms with Crippen molar-refractivity contribution in [3.8, 4) is 45.0 Å². The van der Waals surface area contributed by atoms with E-state index in [2.05, 4.69) is 78.3 Å². The van der Waals surface area contributed by atoms with Crippen molar-refractivity contribution in [2.24, 2.45) is 0 Å². The fraction of sp³-hybridized carbons (Fsp3) is 0.0968. The van der Waals surface area contributed by atoms with Crippen LogP contribution in [-0.2, 0) is 5.41 Å². The molecule has 5 aromatic rings. The third-order valence-electron chi connectivity index (χ3n) is 6.80. The Morgan fingerprint density at radius 1 is 0.629 bits per heavy atom. The van der Waals surface area contributed by atoms with Crippen molar-refractivity contribution < 1.29 is 0 Å². The topological polar surface area (TPSA) is 25.8 Å². The number of hydrogen-bond acceptors (Lipinski definition) is 2. The van der Waals surface area contributed by atoms with Gasteiger partial charge >= 0.3 is 0 Å². The molecule has 0 radical (unpaired) electrons. The second-order valence-corrected chi connectivity index (χ2v) is 10.8. The highest BCUT2D eigenvalue weighted by molar-refractivity contribution is 9.10. The second-order valence-electron chi connectivity index (χ2n) is 9.42. The third-order valence-corrected chi connectivity index (χ3v) is 7.47. The molecule has 1 aromatic heterocycles. The van der Waals surface area contributed by atoms with Gasteiger partial charge in [-0.3, -0.25) is 0 Å². The van der Waals surface area contributed by atoms with Crippen molar-refractivity contribution in [1.82, 2.24) is 9.97 Å². The van der Waals surface area contributed by atoms with Gasteiger partial charge in [0, 0.05) is 31.6 Å². The number of hydrogen-bond donors (Lipinski definition) is 0. The van der Waals surface area contributed by atoms with Crippen molar-refractivity contribution >= 4 is 27.5 Å². The zero-order chi connectivity index (χ0) is 24.2. The minimum absolute atomic E-state index is 0.0716. The summed E-state index contributed by atoms with van der Waals surface area (Å²) in [5.74, 6) is 0.692. The van der Waals surface area contributed by atoms with Crippen molar-refractivity contribution in [2.75, 3.05) is 0 Å². The van der Waals surface area contributed by atoms with Crippen LogP contribution in [0.1, 0.15) is 25.0 Å². The molecular weight excluding hydrogens is 516 g/mol. The van der Waals surface area contributed by atoms with E-state index in [0.717, 1.165) is 32.6 Å². The smallest absolute Gasteiger partial charge is 0.160 e. The van der Waals surface area contributed by atoms with Gasteiger partial charge < -0.3 is 0 Å². The summed E-state index contributed by atoms with van der Waals surface area (Å²) in [5.41, 5.74) is 9.95. The lowest BCUT2D eigenvalue weighted by Gasteiger charge is -2.22. The van der Waals surface area contributed by atoms with Gasteiger partial charge in [-0.25, -0.2) is 9.97 Å². The molecule has 1 aliphatic carbocycles. The molecule has 0 unspecified atom stereocenters. The van der Waals surface area contributed by atoms with Gasteiger partial charge in [-0.2, -0.15) is 0 Å². The summed E-state index contributed by atoms with van der Waals surface area (Å²) in [4.78, 5) is 9.94. The summed E-state index contributed by atoms with van der Waals surface area (Å²) in [6, 6.07) is 33.4. The average molecular weight is 538 g/mol. The normalized spacial score (nSPS) is 13.4. The molecule has 170 valence electrons. The number of aromatic nitrogens is 2. The molecule has 0 fully saturated rings. The molecule has 0 spiro atoms. The van der Waals surface area contributed by atoms with Crippen molar-refractivity contribution in [3.05, 3.63) is 118 Å². The van der Waals surface area contributed by atoms with Gasteiger partial charge in [0.2, 0.25) is 0 Å². The quantitative estimate of drug-likeness (QED) is 0.229. The first kappa shape index (κ1) is 22.2. The zero-order valence-corrected chi connectivity index (χ0v) is 21.7. The van der Waals surface area contributed by atoms with Gasteiger partial charge in [0.15, 0.2) is 5.82 Å². The second kappa shape index (κ2) is 8.44. The summed E-state index contributed by atoms with van der Waals surface area (Å²) < 4.78 is 0.915. The molecule has 0 amide bonds. The lowest BCUT2D eigenvalue weighted by Crippen LogP contribution is -2.14. The molecule has 4 aromatic carbocycles. The van der Waals surface area contributed by atoms with E-state index in [0.29, 0.717) is 10.8 Å². The Labute approximate surface area is 218 Å². The lowest BCUT2D eigenvalue weighted by molar-refractivity contribution is 0.660. The molecule has 2 nitrogen and oxygen atoms in total. The number of fused-ring (bicyclic) bond motifs is 3. The zero-order valence-electron chi connectivity index (χ0n) is 19.4. The SMILES string of the molecule is CC1(C)c2ccccc2-c2ccc(-c3cc(-c4cc(Cl)cc(Br)c4)nc(-c4ccccc4)n3)cc21. The van der Waals surface area contributed by atoms with Crippen LogP contribution >= 0.6 is 27.5 Å². The molecule has 0 bridgehead atoms. The van der Waals surface area contributed by atoms with Crippen LogP contribution in [0.15, 0.2) is 102 Å². The third kappa shape index (κ3) is 3.89. The van der Waals surface area contributed by atoms with E-state index in [1.54, 1.807) is 0 Å². The van der Waals surface area contributed by atoms with Crippen LogP contribution in [0.3, 0.4) is 0 Å². The maximum Gasteiger partial charge on any atom is 0.160 e. The Balaban J connectivity index is 1.55. The summed E-state index contributed by atoms with van der Waals surface area (Å²) in [6.07, 6.45) is 0. The largest absolute Gasteiger partial charge is 0.228 e. The van der Waals surface area contributed by atoms with E-state index in [4.69, 9.17) is 21.6 Å². The van der Waals surface area contributed by atoms with Gasteiger partial charge in [-0.1, -0.05) is 108 Å². The Bertz CT molecular complexity index is 1570. The maximum absolute atomic E-state index is 6.38. The first-order chi connectivity index (χ1) is 16.9. The van der Waals surface area contributed by atoms with Crippen molar-refractivity contribution in [2.45, 2.75) is 19.3 Å². The van der Waals surface area contributed by atoms with Crippen LogP contribution in [0.4, 0.5) is 0 Å². The highest BCUT2D eigenvalue weighted by atomic mass is 79.9. The fourth-order valence-electron chi connectivity index (χ4n) is 5.02. The van der Waals surface area contributed by atoms with E-state index >= 15 is 0 Å². The molecule has 1 heterocycles. The van der Waals surface area contributed by atoms with Crippen molar-refractivity contribution in [1.29, 1.82) is 0 Å². The first-order valence-corrected chi connectivity index (χ1v) is 12.7. The van der Waals surface area contributed by atoms with Gasteiger partial charge in [0.25, 0.3) is 0 Å². The Hall–Kier alpha value is -3.27. The number of benzene rings is 4. The Morgan fingerprint density at radius 3 is 2.09 bits per heavy atom. The highest BCUT2D eigenvalue weighted by Crippen LogP contribution is 2.49. The predicted octanol–water partition coefficient (Wildman–Crippen LogP) is 9.20. The van der Waals surface area contributed by atoms with Crippen LogP contribution in [-0.4, -0.2) is 9.97 Å². The molecule has 6 rings (SSSR count). The van der Waals surface area contributed by atoms with Crippen LogP contribution in [0, 0.1) is 0 Å². The minimum atomic E-state index is -0.0716. The van der Waals surface area contributed by atoms with Gasteiger partial charge in [0.05, 0.1) is 11.4 Å². The highest BCUT2D eigenvalue weighted by Gasteiger charge is 2.35. The summed E-state index contributed by atoms with van der Waals surface area (Å²) in [5, 5.41) is 0.660. The van der Waals surface area contributed by atoms with E-state index in [1.165, 1.54) is 22.3 Å². The summed E-state index contributed by atoms with van der Waals surface area (Å²) >= 11 is 9.95. The monoisotopic (exact) mass is 536 g/mol. The molecule has 35 heavy (non-hydrogen) atoms. The number of nitrogens with zero attached hydrogens (tertiary/aromatic N) is 2. The standard InChI is InChI=1S/C31H22BrClN2/c1-31(2)26-11-7-6-10-24(26)25-13-12-20(16-27(25)31)28-18-29(21-14-22(32)17-23(33)15-21)35-30(34-28)19-8-4-3-5-9-19/h3-18H,1-2H3. The molecular formula is C31H22BrClN2.